The van der Waals surface area contributed by atoms with Gasteiger partial charge in [-0.15, -0.1) is 0 Å². The molecule has 19 heavy (non-hydrogen) atoms. The van der Waals surface area contributed by atoms with Crippen LogP contribution < -0.4 is 5.32 Å². The van der Waals surface area contributed by atoms with Gasteiger partial charge in [-0.05, 0) is 25.5 Å². The van der Waals surface area contributed by atoms with Crippen LogP contribution in [0.3, 0.4) is 0 Å². The fraction of sp³-hybridized carbons (Fsp3) is 0.333. The normalized spacial score (nSPS) is 10.5. The van der Waals surface area contributed by atoms with Gasteiger partial charge >= 0.3 is 0 Å². The summed E-state index contributed by atoms with van der Waals surface area (Å²) in [6.45, 7) is 4.28. The Labute approximate surface area is 118 Å². The van der Waals surface area contributed by atoms with Gasteiger partial charge in [0.1, 0.15) is 17.2 Å². The molecule has 0 saturated heterocycles. The minimum Gasteiger partial charge on any atom is -0.373 e. The lowest BCUT2D eigenvalue weighted by Crippen LogP contribution is -2.02. The van der Waals surface area contributed by atoms with Crippen LogP contribution in [0.5, 0.6) is 0 Å². The molecule has 2 rings (SSSR count). The van der Waals surface area contributed by atoms with Crippen LogP contribution in [-0.4, -0.2) is 17.0 Å². The number of benzene rings is 1. The summed E-state index contributed by atoms with van der Waals surface area (Å²) in [7, 11) is 1.91. The van der Waals surface area contributed by atoms with E-state index >= 15 is 0 Å². The van der Waals surface area contributed by atoms with E-state index in [-0.39, 0.29) is 0 Å². The van der Waals surface area contributed by atoms with Gasteiger partial charge in [0.25, 0.3) is 0 Å². The molecule has 1 aromatic heterocycles. The maximum absolute atomic E-state index is 4.44. The molecule has 1 N–H and O–H groups in total. The molecule has 0 spiro atoms. The minimum atomic E-state index is 0.937. The van der Waals surface area contributed by atoms with Crippen LogP contribution in [0.25, 0.3) is 0 Å². The first kappa shape index (κ1) is 13.9. The largest absolute Gasteiger partial charge is 0.373 e. The van der Waals surface area contributed by atoms with Crippen LogP contribution in [0.4, 0.5) is 5.82 Å². The average Bonchev–Trinajstić information content (AvgIpc) is 2.41. The molecule has 0 aliphatic rings. The molecule has 1 heterocycles. The third kappa shape index (κ3) is 3.47. The smallest absolute Gasteiger partial charge is 0.133 e. The monoisotopic (exact) mass is 273 g/mol. The van der Waals surface area contributed by atoms with Crippen molar-refractivity contribution in [3.05, 3.63) is 41.7 Å². The highest BCUT2D eigenvalue weighted by molar-refractivity contribution is 7.99. The second kappa shape index (κ2) is 6.57. The van der Waals surface area contributed by atoms with Crippen molar-refractivity contribution in [3.63, 3.8) is 0 Å². The number of rotatable bonds is 5. The fourth-order valence-corrected chi connectivity index (χ4v) is 3.00. The fourth-order valence-electron chi connectivity index (χ4n) is 1.97. The van der Waals surface area contributed by atoms with E-state index in [1.165, 1.54) is 16.0 Å². The van der Waals surface area contributed by atoms with Crippen molar-refractivity contribution in [2.75, 3.05) is 12.4 Å². The van der Waals surface area contributed by atoms with E-state index in [1.807, 2.05) is 7.05 Å². The second-order valence-corrected chi connectivity index (χ2v) is 5.49. The Hall–Kier alpha value is -1.55. The number of aryl methyl sites for hydroxylation is 1. The second-order valence-electron chi connectivity index (χ2n) is 4.42. The lowest BCUT2D eigenvalue weighted by atomic mass is 10.2. The molecule has 4 heteroatoms. The Morgan fingerprint density at radius 1 is 1.26 bits per heavy atom. The van der Waals surface area contributed by atoms with E-state index in [1.54, 1.807) is 18.1 Å². The van der Waals surface area contributed by atoms with Crippen molar-refractivity contribution in [1.29, 1.82) is 0 Å². The van der Waals surface area contributed by atoms with E-state index in [2.05, 4.69) is 53.4 Å². The van der Waals surface area contributed by atoms with Gasteiger partial charge in [-0.2, -0.15) is 0 Å². The van der Waals surface area contributed by atoms with Crippen LogP contribution in [0.1, 0.15) is 24.5 Å². The maximum Gasteiger partial charge on any atom is 0.133 e. The van der Waals surface area contributed by atoms with E-state index in [4.69, 9.17) is 0 Å². The van der Waals surface area contributed by atoms with Crippen molar-refractivity contribution in [3.8, 4) is 0 Å². The van der Waals surface area contributed by atoms with Gasteiger partial charge in [0.05, 0.1) is 0 Å². The Morgan fingerprint density at radius 3 is 2.79 bits per heavy atom. The first-order chi connectivity index (χ1) is 9.24. The number of aromatic nitrogens is 2. The highest BCUT2D eigenvalue weighted by Crippen LogP contribution is 2.32. The Balaban J connectivity index is 2.33. The predicted molar refractivity (Wildman–Crippen MR) is 80.9 cm³/mol. The third-order valence-electron chi connectivity index (χ3n) is 2.85. The molecule has 3 nitrogen and oxygen atoms in total. The summed E-state index contributed by atoms with van der Waals surface area (Å²) < 4.78 is 0. The average molecular weight is 273 g/mol. The molecule has 0 atom stereocenters. The zero-order valence-corrected chi connectivity index (χ0v) is 12.4. The van der Waals surface area contributed by atoms with Crippen molar-refractivity contribution in [2.45, 2.75) is 36.6 Å². The van der Waals surface area contributed by atoms with Gasteiger partial charge < -0.3 is 5.32 Å². The summed E-state index contributed by atoms with van der Waals surface area (Å²) in [5.41, 5.74) is 2.48. The molecule has 0 radical (unpaired) electrons. The van der Waals surface area contributed by atoms with Crippen LogP contribution in [-0.2, 0) is 6.42 Å². The summed E-state index contributed by atoms with van der Waals surface area (Å²) in [4.78, 5) is 9.96. The number of nitrogens with zero attached hydrogens (tertiary/aromatic N) is 2. The van der Waals surface area contributed by atoms with Gasteiger partial charge in [-0.25, -0.2) is 9.97 Å². The van der Waals surface area contributed by atoms with Gasteiger partial charge in [-0.3, -0.25) is 0 Å². The third-order valence-corrected chi connectivity index (χ3v) is 3.88. The molecule has 0 saturated carbocycles. The number of hydrogen-bond acceptors (Lipinski definition) is 4. The molecule has 2 aromatic rings. The van der Waals surface area contributed by atoms with Crippen molar-refractivity contribution < 1.29 is 0 Å². The van der Waals surface area contributed by atoms with Crippen LogP contribution >= 0.6 is 11.8 Å². The minimum absolute atomic E-state index is 0.937. The lowest BCUT2D eigenvalue weighted by molar-refractivity contribution is 0.858. The Kier molecular flexibility index (Phi) is 4.80. The van der Waals surface area contributed by atoms with Gasteiger partial charge in [0.15, 0.2) is 0 Å². The quantitative estimate of drug-likeness (QED) is 0.838. The molecule has 0 fully saturated rings. The standard InChI is InChI=1S/C15H19N3S/c1-4-6-13-14(16-3)17-10-18-15(13)19-12-8-5-7-11(2)9-12/h5,7-10H,4,6H2,1-3H3,(H,16,17,18). The molecule has 0 aliphatic carbocycles. The summed E-state index contributed by atoms with van der Waals surface area (Å²) >= 11 is 1.71. The summed E-state index contributed by atoms with van der Waals surface area (Å²) in [6, 6.07) is 8.49. The SMILES string of the molecule is CCCc1c(NC)ncnc1Sc1cccc(C)c1. The molecule has 0 unspecified atom stereocenters. The zero-order chi connectivity index (χ0) is 13.7. The number of anilines is 1. The predicted octanol–water partition coefficient (Wildman–Crippen LogP) is 3.93. The van der Waals surface area contributed by atoms with Crippen molar-refractivity contribution >= 4 is 17.6 Å². The number of hydrogen-bond donors (Lipinski definition) is 1. The molecule has 1 aromatic carbocycles. The molecule has 100 valence electrons. The van der Waals surface area contributed by atoms with Crippen LogP contribution in [0.2, 0.25) is 0 Å². The molecular formula is C15H19N3S. The highest BCUT2D eigenvalue weighted by atomic mass is 32.2. The van der Waals surface area contributed by atoms with Crippen LogP contribution in [0, 0.1) is 6.92 Å². The summed E-state index contributed by atoms with van der Waals surface area (Å²) in [6.07, 6.45) is 3.71. The molecule has 0 aliphatic heterocycles. The summed E-state index contributed by atoms with van der Waals surface area (Å²) in [5, 5.41) is 4.20. The van der Waals surface area contributed by atoms with Crippen molar-refractivity contribution in [1.82, 2.24) is 9.97 Å². The van der Waals surface area contributed by atoms with Gasteiger partial charge in [0, 0.05) is 17.5 Å². The van der Waals surface area contributed by atoms with E-state index < -0.39 is 0 Å². The first-order valence-corrected chi connectivity index (χ1v) is 7.32. The highest BCUT2D eigenvalue weighted by Gasteiger charge is 2.11. The van der Waals surface area contributed by atoms with E-state index in [0.29, 0.717) is 0 Å². The van der Waals surface area contributed by atoms with Gasteiger partial charge in [-0.1, -0.05) is 42.8 Å². The number of nitrogens with one attached hydrogen (secondary N) is 1. The maximum atomic E-state index is 4.44. The lowest BCUT2D eigenvalue weighted by Gasteiger charge is -2.11. The molecule has 0 bridgehead atoms. The summed E-state index contributed by atoms with van der Waals surface area (Å²) in [5.74, 6) is 0.937. The van der Waals surface area contributed by atoms with Gasteiger partial charge in [0.2, 0.25) is 0 Å². The Bertz CT molecular complexity index is 555. The van der Waals surface area contributed by atoms with E-state index in [9.17, 15) is 0 Å². The topological polar surface area (TPSA) is 37.8 Å². The zero-order valence-electron chi connectivity index (χ0n) is 11.6. The Morgan fingerprint density at radius 2 is 2.11 bits per heavy atom. The molecular weight excluding hydrogens is 254 g/mol. The van der Waals surface area contributed by atoms with Crippen LogP contribution in [0.15, 0.2) is 40.5 Å². The molecule has 0 amide bonds. The van der Waals surface area contributed by atoms with Crippen molar-refractivity contribution in [2.24, 2.45) is 0 Å². The first-order valence-electron chi connectivity index (χ1n) is 6.50. The van der Waals surface area contributed by atoms with E-state index in [0.717, 1.165) is 23.7 Å².